The van der Waals surface area contributed by atoms with Crippen LogP contribution >= 0.6 is 0 Å². The number of allylic oxidation sites excluding steroid dienone is 1. The fourth-order valence-electron chi connectivity index (χ4n) is 4.59. The molecular weight excluding hydrogens is 492 g/mol. The highest BCUT2D eigenvalue weighted by Crippen LogP contribution is 2.25. The topological polar surface area (TPSA) is 114 Å². The van der Waals surface area contributed by atoms with E-state index in [-0.39, 0.29) is 30.7 Å². The van der Waals surface area contributed by atoms with Gasteiger partial charge in [0.2, 0.25) is 0 Å². The molecule has 1 atom stereocenters. The summed E-state index contributed by atoms with van der Waals surface area (Å²) in [5.74, 6) is -0.819. The molecule has 0 spiro atoms. The van der Waals surface area contributed by atoms with Gasteiger partial charge in [0.05, 0.1) is 18.3 Å². The van der Waals surface area contributed by atoms with Gasteiger partial charge in [-0.3, -0.25) is 0 Å². The predicted molar refractivity (Wildman–Crippen MR) is 156 cm³/mol. The van der Waals surface area contributed by atoms with Crippen molar-refractivity contribution in [2.45, 2.75) is 76.4 Å². The molecular formula is C32H42N2O5. The second-order valence-corrected chi connectivity index (χ2v) is 10.2. The van der Waals surface area contributed by atoms with E-state index in [2.05, 4.69) is 6.58 Å². The number of hydrogen-bond acceptors (Lipinski definition) is 7. The Hall–Kier alpha value is -3.58. The number of anilines is 2. The number of nitrogen functional groups attached to an aromatic ring is 2. The van der Waals surface area contributed by atoms with E-state index in [4.69, 9.17) is 25.7 Å². The van der Waals surface area contributed by atoms with Gasteiger partial charge < -0.3 is 25.7 Å². The Bertz CT molecular complexity index is 1080. The van der Waals surface area contributed by atoms with E-state index in [0.717, 1.165) is 62.7 Å². The van der Waals surface area contributed by atoms with Gasteiger partial charge in [-0.25, -0.2) is 9.59 Å². The highest BCUT2D eigenvalue weighted by Gasteiger charge is 2.24. The van der Waals surface area contributed by atoms with Gasteiger partial charge in [-0.1, -0.05) is 31.6 Å². The maximum Gasteiger partial charge on any atom is 0.338 e. The summed E-state index contributed by atoms with van der Waals surface area (Å²) in [6.07, 6.45) is 13.1. The van der Waals surface area contributed by atoms with Crippen molar-refractivity contribution in [3.8, 4) is 0 Å². The Kier molecular flexibility index (Phi) is 12.1. The molecule has 4 N–H and O–H groups in total. The smallest absolute Gasteiger partial charge is 0.338 e. The van der Waals surface area contributed by atoms with Crippen LogP contribution in [0.3, 0.4) is 0 Å². The molecule has 1 unspecified atom stereocenters. The predicted octanol–water partition coefficient (Wildman–Crippen LogP) is 6.44. The molecule has 0 amide bonds. The second-order valence-electron chi connectivity index (χ2n) is 10.2. The second kappa shape index (κ2) is 15.7. The standard InChI is InChI=1S/C32H42N2O5/c1-3-4-5-6-7-18-37-29-13-15-30(16-14-29)39-32(36)25-11-8-24(9-12-25)10-17-31(35)38-22-23(2)26-19-27(33)21-28(34)20-26/h3,8-12,17,19-21,23,29-30H,1,4-7,13-16,18,22,33-34H2,2H3/b17-10+. The zero-order chi connectivity index (χ0) is 28.0. The normalized spacial score (nSPS) is 18.0. The monoisotopic (exact) mass is 534 g/mol. The van der Waals surface area contributed by atoms with Crippen molar-refractivity contribution in [1.29, 1.82) is 0 Å². The summed E-state index contributed by atoms with van der Waals surface area (Å²) in [5.41, 5.74) is 15.0. The van der Waals surface area contributed by atoms with Gasteiger partial charge >= 0.3 is 11.9 Å². The van der Waals surface area contributed by atoms with E-state index in [1.54, 1.807) is 36.4 Å². The summed E-state index contributed by atoms with van der Waals surface area (Å²) in [6, 6.07) is 12.3. The summed E-state index contributed by atoms with van der Waals surface area (Å²) < 4.78 is 17.1. The highest BCUT2D eigenvalue weighted by molar-refractivity contribution is 5.90. The van der Waals surface area contributed by atoms with Crippen LogP contribution in [-0.2, 0) is 19.0 Å². The van der Waals surface area contributed by atoms with E-state index in [1.807, 2.05) is 25.1 Å². The van der Waals surface area contributed by atoms with Crippen LogP contribution < -0.4 is 11.5 Å². The molecule has 0 saturated heterocycles. The van der Waals surface area contributed by atoms with E-state index in [0.29, 0.717) is 16.9 Å². The lowest BCUT2D eigenvalue weighted by Crippen LogP contribution is -2.28. The molecule has 0 aromatic heterocycles. The third-order valence-corrected chi connectivity index (χ3v) is 6.90. The fourth-order valence-corrected chi connectivity index (χ4v) is 4.59. The van der Waals surface area contributed by atoms with Gasteiger partial charge in [0.25, 0.3) is 0 Å². The first-order valence-electron chi connectivity index (χ1n) is 13.9. The first-order chi connectivity index (χ1) is 18.8. The number of nitrogens with two attached hydrogens (primary N) is 2. The molecule has 0 bridgehead atoms. The van der Waals surface area contributed by atoms with Gasteiger partial charge in [-0.2, -0.15) is 0 Å². The minimum atomic E-state index is -0.450. The Balaban J connectivity index is 1.36. The van der Waals surface area contributed by atoms with Crippen molar-refractivity contribution in [1.82, 2.24) is 0 Å². The first kappa shape index (κ1) is 30.0. The van der Waals surface area contributed by atoms with Gasteiger partial charge in [0, 0.05) is 30.0 Å². The number of hydrogen-bond donors (Lipinski definition) is 2. The fraction of sp³-hybridized carbons (Fsp3) is 0.438. The quantitative estimate of drug-likeness (QED) is 0.0942. The van der Waals surface area contributed by atoms with Crippen LogP contribution in [0.5, 0.6) is 0 Å². The van der Waals surface area contributed by atoms with Crippen LogP contribution in [0.4, 0.5) is 11.4 Å². The van der Waals surface area contributed by atoms with Crippen molar-refractivity contribution in [2.75, 3.05) is 24.7 Å². The third kappa shape index (κ3) is 10.6. The zero-order valence-electron chi connectivity index (χ0n) is 23.0. The van der Waals surface area contributed by atoms with E-state index >= 15 is 0 Å². The van der Waals surface area contributed by atoms with Crippen LogP contribution in [0.25, 0.3) is 6.08 Å². The summed E-state index contributed by atoms with van der Waals surface area (Å²) in [4.78, 5) is 24.8. The minimum Gasteiger partial charge on any atom is -0.462 e. The molecule has 1 saturated carbocycles. The lowest BCUT2D eigenvalue weighted by molar-refractivity contribution is -0.138. The number of rotatable bonds is 14. The summed E-state index contributed by atoms with van der Waals surface area (Å²) in [6.45, 7) is 6.69. The largest absolute Gasteiger partial charge is 0.462 e. The average molecular weight is 535 g/mol. The number of carbonyl (C=O) groups excluding carboxylic acids is 2. The van der Waals surface area contributed by atoms with Gasteiger partial charge in [-0.05, 0) is 92.5 Å². The van der Waals surface area contributed by atoms with E-state index in [1.165, 1.54) is 12.5 Å². The van der Waals surface area contributed by atoms with Crippen molar-refractivity contribution in [3.05, 3.63) is 77.9 Å². The van der Waals surface area contributed by atoms with E-state index in [9.17, 15) is 9.59 Å². The molecule has 210 valence electrons. The SMILES string of the molecule is C=CCCCCCOC1CCC(OC(=O)c2ccc(/C=C/C(=O)OCC(C)c3cc(N)cc(N)c3)cc2)CC1. The van der Waals surface area contributed by atoms with Crippen molar-refractivity contribution in [2.24, 2.45) is 0 Å². The number of benzene rings is 2. The van der Waals surface area contributed by atoms with E-state index < -0.39 is 5.97 Å². The molecule has 7 nitrogen and oxygen atoms in total. The van der Waals surface area contributed by atoms with Crippen molar-refractivity contribution in [3.63, 3.8) is 0 Å². The minimum absolute atomic E-state index is 0.0431. The Labute approximate surface area is 232 Å². The van der Waals surface area contributed by atoms with Gasteiger partial charge in [0.15, 0.2) is 0 Å². The first-order valence-corrected chi connectivity index (χ1v) is 13.9. The Morgan fingerprint density at radius 3 is 2.31 bits per heavy atom. The van der Waals surface area contributed by atoms with Crippen molar-refractivity contribution < 1.29 is 23.8 Å². The van der Waals surface area contributed by atoms with Gasteiger partial charge in [0.1, 0.15) is 6.10 Å². The molecule has 1 aliphatic carbocycles. The summed E-state index contributed by atoms with van der Waals surface area (Å²) in [7, 11) is 0. The van der Waals surface area contributed by atoms with Crippen LogP contribution in [0.2, 0.25) is 0 Å². The maximum atomic E-state index is 12.6. The van der Waals surface area contributed by atoms with Gasteiger partial charge in [-0.15, -0.1) is 6.58 Å². The van der Waals surface area contributed by atoms with Crippen LogP contribution in [-0.4, -0.2) is 37.4 Å². The zero-order valence-corrected chi connectivity index (χ0v) is 23.0. The van der Waals surface area contributed by atoms with Crippen LogP contribution in [0, 0.1) is 0 Å². The molecule has 0 radical (unpaired) electrons. The third-order valence-electron chi connectivity index (χ3n) is 6.90. The molecule has 7 heteroatoms. The Morgan fingerprint density at radius 2 is 1.64 bits per heavy atom. The molecule has 2 aromatic rings. The molecule has 1 aliphatic rings. The summed E-state index contributed by atoms with van der Waals surface area (Å²) in [5, 5.41) is 0. The lowest BCUT2D eigenvalue weighted by atomic mass is 9.95. The lowest BCUT2D eigenvalue weighted by Gasteiger charge is -2.28. The summed E-state index contributed by atoms with van der Waals surface area (Å²) >= 11 is 0. The van der Waals surface area contributed by atoms with Crippen LogP contribution in [0.1, 0.15) is 85.7 Å². The Morgan fingerprint density at radius 1 is 0.974 bits per heavy atom. The van der Waals surface area contributed by atoms with Crippen LogP contribution in [0.15, 0.2) is 61.2 Å². The number of esters is 2. The molecule has 39 heavy (non-hydrogen) atoms. The molecule has 3 rings (SSSR count). The number of carbonyl (C=O) groups is 2. The molecule has 0 aliphatic heterocycles. The molecule has 1 fully saturated rings. The molecule has 2 aromatic carbocycles. The highest BCUT2D eigenvalue weighted by atomic mass is 16.5. The maximum absolute atomic E-state index is 12.6. The average Bonchev–Trinajstić information content (AvgIpc) is 2.93. The van der Waals surface area contributed by atoms with Crippen molar-refractivity contribution >= 4 is 29.4 Å². The number of unbranched alkanes of at least 4 members (excludes halogenated alkanes) is 3. The molecule has 0 heterocycles. The number of ether oxygens (including phenoxy) is 3.